The number of carboxylic acids is 1. The van der Waals surface area contributed by atoms with E-state index in [-0.39, 0.29) is 23.8 Å². The van der Waals surface area contributed by atoms with Crippen LogP contribution in [-0.2, 0) is 4.79 Å². The molecule has 0 bridgehead atoms. The average molecular weight is 575 g/mol. The molecule has 9 heteroatoms. The minimum absolute atomic E-state index is 0.00729. The van der Waals surface area contributed by atoms with E-state index in [0.29, 0.717) is 23.1 Å². The second-order valence-electron chi connectivity index (χ2n) is 8.43. The summed E-state index contributed by atoms with van der Waals surface area (Å²) in [6, 6.07) is 14.2. The minimum Gasteiger partial charge on any atom is -0.493 e. The van der Waals surface area contributed by atoms with Gasteiger partial charge in [-0.2, -0.15) is 0 Å². The standard InChI is InChI=1S/C22H21ClN2O4.C5H9F.C4H7F/c1-4-29-21-10-6-15(23)11-18(21)20-9-5-13(2)25(20)16-7-8-19(24-14(3)26)17(12-16)22(27)28;1-2-3-4-5-6;1-3-4(2)5/h5-12H,4H2,1-3H3,(H,24,26)(H,27,28);3-4H,2,5H2,1H3;3-4H,1H2,2H3/b;4-3-;. The van der Waals surface area contributed by atoms with Gasteiger partial charge in [-0.3, -0.25) is 4.79 Å². The number of hydrogen-bond acceptors (Lipinski definition) is 3. The molecule has 1 aromatic heterocycles. The zero-order chi connectivity index (χ0) is 30.2. The van der Waals surface area contributed by atoms with E-state index in [9.17, 15) is 23.5 Å². The number of carbonyl (C=O) groups is 2. The second-order valence-corrected chi connectivity index (χ2v) is 8.87. The third-order valence-electron chi connectivity index (χ3n) is 5.21. The Morgan fingerprint density at radius 3 is 2.33 bits per heavy atom. The lowest BCUT2D eigenvalue weighted by atomic mass is 10.1. The van der Waals surface area contributed by atoms with Crippen molar-refractivity contribution in [1.82, 2.24) is 4.57 Å². The van der Waals surface area contributed by atoms with Crippen LogP contribution in [0.3, 0.4) is 0 Å². The normalized spacial score (nSPS) is 11.0. The maximum absolute atomic E-state index is 11.8. The van der Waals surface area contributed by atoms with Gasteiger partial charge in [-0.05, 0) is 75.7 Å². The molecule has 0 saturated carbocycles. The average Bonchev–Trinajstić information content (AvgIpc) is 3.30. The number of aryl methyl sites for hydroxylation is 1. The van der Waals surface area contributed by atoms with Crippen LogP contribution in [0.2, 0.25) is 5.02 Å². The van der Waals surface area contributed by atoms with E-state index in [1.165, 1.54) is 32.1 Å². The SMILES string of the molecule is C=CC(C)F.CC/C=C\CF.CCOc1ccc(Cl)cc1-c1ccc(C)n1-c1ccc(NC(C)=O)c(C(=O)O)c1. The van der Waals surface area contributed by atoms with Gasteiger partial charge in [0.2, 0.25) is 5.91 Å². The van der Waals surface area contributed by atoms with E-state index in [1.807, 2.05) is 49.6 Å². The van der Waals surface area contributed by atoms with E-state index in [4.69, 9.17) is 16.3 Å². The molecule has 1 heterocycles. The van der Waals surface area contributed by atoms with Gasteiger partial charge in [-0.25, -0.2) is 13.6 Å². The summed E-state index contributed by atoms with van der Waals surface area (Å²) in [5.41, 5.74) is 3.43. The second kappa shape index (κ2) is 17.6. The van der Waals surface area contributed by atoms with Gasteiger partial charge in [0, 0.05) is 28.9 Å². The summed E-state index contributed by atoms with van der Waals surface area (Å²) in [5, 5.41) is 12.7. The van der Waals surface area contributed by atoms with Gasteiger partial charge in [0.1, 0.15) is 18.6 Å². The predicted octanol–water partition coefficient (Wildman–Crippen LogP) is 8.61. The fourth-order valence-corrected chi connectivity index (χ4v) is 3.62. The zero-order valence-corrected chi connectivity index (χ0v) is 24.3. The number of aromatic nitrogens is 1. The smallest absolute Gasteiger partial charge is 0.337 e. The molecule has 0 aliphatic carbocycles. The summed E-state index contributed by atoms with van der Waals surface area (Å²) in [4.78, 5) is 23.1. The van der Waals surface area contributed by atoms with Crippen LogP contribution >= 0.6 is 11.6 Å². The van der Waals surface area contributed by atoms with Crippen LogP contribution in [0.15, 0.2) is 73.3 Å². The van der Waals surface area contributed by atoms with Crippen molar-refractivity contribution in [3.8, 4) is 22.7 Å². The highest BCUT2D eigenvalue weighted by molar-refractivity contribution is 6.31. The Balaban J connectivity index is 0.000000616. The van der Waals surface area contributed by atoms with Gasteiger partial charge in [-0.1, -0.05) is 36.8 Å². The van der Waals surface area contributed by atoms with Gasteiger partial charge in [0.25, 0.3) is 0 Å². The molecule has 40 heavy (non-hydrogen) atoms. The van der Waals surface area contributed by atoms with E-state index in [2.05, 4.69) is 11.9 Å². The maximum atomic E-state index is 11.8. The third-order valence-corrected chi connectivity index (χ3v) is 5.45. The molecule has 216 valence electrons. The van der Waals surface area contributed by atoms with Crippen molar-refractivity contribution in [2.24, 2.45) is 0 Å². The van der Waals surface area contributed by atoms with E-state index in [1.54, 1.807) is 24.3 Å². The predicted molar refractivity (Wildman–Crippen MR) is 160 cm³/mol. The summed E-state index contributed by atoms with van der Waals surface area (Å²) in [7, 11) is 0. The van der Waals surface area contributed by atoms with Crippen molar-refractivity contribution in [2.45, 2.75) is 47.2 Å². The summed E-state index contributed by atoms with van der Waals surface area (Å²) in [5.74, 6) is -0.775. The number of nitrogens with zero attached hydrogens (tertiary/aromatic N) is 1. The molecule has 1 amide bonds. The molecule has 2 aromatic carbocycles. The van der Waals surface area contributed by atoms with Gasteiger partial charge in [-0.15, -0.1) is 6.58 Å². The molecule has 0 fully saturated rings. The highest BCUT2D eigenvalue weighted by Crippen LogP contribution is 2.36. The lowest BCUT2D eigenvalue weighted by Gasteiger charge is -2.17. The Labute approximate surface area is 239 Å². The number of benzene rings is 2. The van der Waals surface area contributed by atoms with Crippen LogP contribution in [0.1, 0.15) is 50.2 Å². The molecule has 6 nitrogen and oxygen atoms in total. The Hall–Kier alpha value is -3.91. The Morgan fingerprint density at radius 2 is 1.82 bits per heavy atom. The largest absolute Gasteiger partial charge is 0.493 e. The Bertz CT molecular complexity index is 1300. The van der Waals surface area contributed by atoms with Crippen molar-refractivity contribution in [1.29, 1.82) is 0 Å². The van der Waals surface area contributed by atoms with Crippen LogP contribution in [-0.4, -0.2) is 41.0 Å². The number of hydrogen-bond donors (Lipinski definition) is 2. The monoisotopic (exact) mass is 574 g/mol. The van der Waals surface area contributed by atoms with Crippen molar-refractivity contribution < 1.29 is 28.2 Å². The number of ether oxygens (including phenoxy) is 1. The first-order valence-electron chi connectivity index (χ1n) is 12.7. The lowest BCUT2D eigenvalue weighted by molar-refractivity contribution is -0.114. The topological polar surface area (TPSA) is 80.6 Å². The number of nitrogens with one attached hydrogen (secondary N) is 1. The fraction of sp³-hybridized carbons (Fsp3) is 0.290. The highest BCUT2D eigenvalue weighted by Gasteiger charge is 2.18. The van der Waals surface area contributed by atoms with E-state index < -0.39 is 12.1 Å². The van der Waals surface area contributed by atoms with Crippen molar-refractivity contribution in [3.05, 3.63) is 89.6 Å². The van der Waals surface area contributed by atoms with Gasteiger partial charge in [0.15, 0.2) is 0 Å². The molecule has 1 atom stereocenters. The molecular formula is C31H37ClF2N2O4. The first-order valence-corrected chi connectivity index (χ1v) is 13.1. The maximum Gasteiger partial charge on any atom is 0.337 e. The molecule has 3 rings (SSSR count). The summed E-state index contributed by atoms with van der Waals surface area (Å²) in [6.07, 6.45) is 4.65. The number of carboxylic acid groups (broad SMARTS) is 1. The zero-order valence-electron chi connectivity index (χ0n) is 23.5. The van der Waals surface area contributed by atoms with Gasteiger partial charge >= 0.3 is 5.97 Å². The number of halogens is 3. The van der Waals surface area contributed by atoms with E-state index >= 15 is 0 Å². The number of anilines is 1. The molecule has 0 aliphatic heterocycles. The van der Waals surface area contributed by atoms with Crippen LogP contribution in [0.25, 0.3) is 16.9 Å². The molecular weight excluding hydrogens is 538 g/mol. The molecule has 0 radical (unpaired) electrons. The van der Waals surface area contributed by atoms with Crippen LogP contribution < -0.4 is 10.1 Å². The van der Waals surface area contributed by atoms with Gasteiger partial charge < -0.3 is 19.7 Å². The Morgan fingerprint density at radius 1 is 1.15 bits per heavy atom. The molecule has 0 saturated heterocycles. The lowest BCUT2D eigenvalue weighted by Crippen LogP contribution is -2.12. The van der Waals surface area contributed by atoms with Gasteiger partial charge in [0.05, 0.1) is 23.6 Å². The number of rotatable bonds is 9. The third kappa shape index (κ3) is 10.7. The van der Waals surface area contributed by atoms with Crippen molar-refractivity contribution in [2.75, 3.05) is 18.6 Å². The van der Waals surface area contributed by atoms with Crippen molar-refractivity contribution >= 4 is 29.2 Å². The molecule has 2 N–H and O–H groups in total. The molecule has 0 aliphatic rings. The number of carbonyl (C=O) groups excluding carboxylic acids is 1. The number of aromatic carboxylic acids is 1. The summed E-state index contributed by atoms with van der Waals surface area (Å²) >= 11 is 6.23. The van der Waals surface area contributed by atoms with Crippen molar-refractivity contribution in [3.63, 3.8) is 0 Å². The van der Waals surface area contributed by atoms with Crippen LogP contribution in [0.5, 0.6) is 5.75 Å². The quantitative estimate of drug-likeness (QED) is 0.251. The minimum atomic E-state index is -1.13. The Kier molecular flexibility index (Phi) is 15.0. The van der Waals surface area contributed by atoms with Crippen LogP contribution in [0.4, 0.5) is 14.5 Å². The fourth-order valence-electron chi connectivity index (χ4n) is 3.45. The number of allylic oxidation sites excluding steroid dienone is 3. The number of amides is 1. The summed E-state index contributed by atoms with van der Waals surface area (Å²) < 4.78 is 30.1. The molecule has 3 aromatic rings. The van der Waals surface area contributed by atoms with E-state index in [0.717, 1.165) is 23.4 Å². The first-order chi connectivity index (χ1) is 19.0. The van der Waals surface area contributed by atoms with Crippen LogP contribution in [0, 0.1) is 6.92 Å². The number of alkyl halides is 2. The highest BCUT2D eigenvalue weighted by atomic mass is 35.5. The summed E-state index contributed by atoms with van der Waals surface area (Å²) in [6.45, 7) is 11.9. The molecule has 1 unspecified atom stereocenters. The molecule has 0 spiro atoms. The first kappa shape index (κ1) is 34.1.